The molecule has 9 heteroatoms. The minimum Gasteiger partial charge on any atom is -0.305 e. The van der Waals surface area contributed by atoms with Gasteiger partial charge < -0.3 is 4.90 Å². The van der Waals surface area contributed by atoms with Crippen LogP contribution in [0.25, 0.3) is 17.3 Å². The minimum absolute atomic E-state index is 0.0509. The van der Waals surface area contributed by atoms with Crippen LogP contribution in [0.1, 0.15) is 11.1 Å². The predicted molar refractivity (Wildman–Crippen MR) is 113 cm³/mol. The van der Waals surface area contributed by atoms with Crippen LogP contribution in [0.4, 0.5) is 0 Å². The number of hydrogen-bond donors (Lipinski definition) is 2. The summed E-state index contributed by atoms with van der Waals surface area (Å²) in [4.78, 5) is 17.5. The Balaban J connectivity index is 1.83. The molecule has 8 nitrogen and oxygen atoms in total. The van der Waals surface area contributed by atoms with E-state index in [0.717, 1.165) is 27.7 Å². The number of rotatable bonds is 7. The van der Waals surface area contributed by atoms with E-state index in [-0.39, 0.29) is 4.90 Å². The third kappa shape index (κ3) is 5.01. The Morgan fingerprint density at radius 1 is 1.23 bits per heavy atom. The van der Waals surface area contributed by atoms with Gasteiger partial charge in [-0.15, -0.1) is 0 Å². The van der Waals surface area contributed by atoms with Crippen LogP contribution in [0.2, 0.25) is 0 Å². The number of carbonyl (C=O) groups is 1. The van der Waals surface area contributed by atoms with Crippen LogP contribution in [0.15, 0.2) is 72.0 Å². The number of amides is 1. The summed E-state index contributed by atoms with van der Waals surface area (Å²) >= 11 is 0. The van der Waals surface area contributed by atoms with Crippen molar-refractivity contribution in [3.63, 3.8) is 0 Å². The Bertz CT molecular complexity index is 1170. The zero-order chi connectivity index (χ0) is 21.7. The second-order valence-corrected chi connectivity index (χ2v) is 8.75. The van der Waals surface area contributed by atoms with Gasteiger partial charge in [0.1, 0.15) is 4.90 Å². The van der Waals surface area contributed by atoms with E-state index >= 15 is 0 Å². The molecule has 0 radical (unpaired) electrons. The van der Waals surface area contributed by atoms with Gasteiger partial charge in [-0.25, -0.2) is 17.9 Å². The number of nitrogens with one attached hydrogen (secondary N) is 1. The van der Waals surface area contributed by atoms with Gasteiger partial charge in [0.25, 0.3) is 15.9 Å². The van der Waals surface area contributed by atoms with Crippen molar-refractivity contribution >= 4 is 22.0 Å². The number of nitrogens with zero attached hydrogens (tertiary/aromatic N) is 3. The molecule has 2 heterocycles. The average molecular weight is 426 g/mol. The van der Waals surface area contributed by atoms with Crippen LogP contribution < -0.4 is 5.48 Å². The largest absolute Gasteiger partial charge is 0.305 e. The van der Waals surface area contributed by atoms with E-state index in [4.69, 9.17) is 5.21 Å². The molecule has 0 unspecified atom stereocenters. The molecule has 156 valence electrons. The molecule has 0 atom stereocenters. The molecule has 3 rings (SSSR count). The molecule has 1 aromatic carbocycles. The highest BCUT2D eigenvalue weighted by atomic mass is 32.2. The fourth-order valence-corrected chi connectivity index (χ4v) is 4.02. The van der Waals surface area contributed by atoms with Gasteiger partial charge in [0.2, 0.25) is 0 Å². The predicted octanol–water partition coefficient (Wildman–Crippen LogP) is 2.37. The first kappa shape index (κ1) is 21.4. The Hall–Kier alpha value is -3.27. The molecule has 0 fully saturated rings. The second kappa shape index (κ2) is 9.04. The van der Waals surface area contributed by atoms with Gasteiger partial charge in [-0.3, -0.25) is 15.0 Å². The van der Waals surface area contributed by atoms with E-state index in [1.165, 1.54) is 42.3 Å². The van der Waals surface area contributed by atoms with Gasteiger partial charge in [-0.05, 0) is 55.6 Å². The smallest absolute Gasteiger partial charge is 0.269 e. The highest BCUT2D eigenvalue weighted by Gasteiger charge is 2.17. The molecular formula is C21H22N4O4S. The first-order chi connectivity index (χ1) is 14.3. The minimum atomic E-state index is -3.82. The zero-order valence-electron chi connectivity index (χ0n) is 16.6. The molecule has 0 aliphatic carbocycles. The van der Waals surface area contributed by atoms with Gasteiger partial charge in [0.05, 0.1) is 5.69 Å². The Morgan fingerprint density at radius 3 is 2.70 bits per heavy atom. The Labute approximate surface area is 175 Å². The highest BCUT2D eigenvalue weighted by Crippen LogP contribution is 2.22. The third-order valence-corrected chi connectivity index (χ3v) is 5.88. The summed E-state index contributed by atoms with van der Waals surface area (Å²) in [6.45, 7) is 0.796. The first-order valence-corrected chi connectivity index (χ1v) is 10.5. The summed E-state index contributed by atoms with van der Waals surface area (Å²) in [7, 11) is 0.167. The summed E-state index contributed by atoms with van der Waals surface area (Å²) in [5, 5.41) is 8.49. The van der Waals surface area contributed by atoms with Crippen LogP contribution in [0.3, 0.4) is 0 Å². The molecule has 0 bridgehead atoms. The lowest BCUT2D eigenvalue weighted by molar-refractivity contribution is -0.124. The maximum Gasteiger partial charge on any atom is 0.269 e. The molecular weight excluding hydrogens is 404 g/mol. The first-order valence-electron chi connectivity index (χ1n) is 9.05. The van der Waals surface area contributed by atoms with Crippen molar-refractivity contribution in [1.29, 1.82) is 0 Å². The van der Waals surface area contributed by atoms with E-state index < -0.39 is 15.9 Å². The van der Waals surface area contributed by atoms with Gasteiger partial charge in [-0.1, -0.05) is 18.2 Å². The van der Waals surface area contributed by atoms with E-state index in [9.17, 15) is 13.2 Å². The van der Waals surface area contributed by atoms with Crippen molar-refractivity contribution in [1.82, 2.24) is 19.3 Å². The number of hydroxylamine groups is 1. The van der Waals surface area contributed by atoms with E-state index in [2.05, 4.69) is 9.88 Å². The lowest BCUT2D eigenvalue weighted by Crippen LogP contribution is -2.14. The van der Waals surface area contributed by atoms with Crippen LogP contribution in [0.5, 0.6) is 0 Å². The fraction of sp³-hybridized carbons (Fsp3) is 0.143. The number of pyridine rings is 1. The van der Waals surface area contributed by atoms with Gasteiger partial charge in [0, 0.05) is 36.8 Å². The molecule has 0 spiro atoms. The van der Waals surface area contributed by atoms with Gasteiger partial charge in [0.15, 0.2) is 0 Å². The standard InChI is InChI=1S/C21H22N4O4S/c1-24(2)14-17-4-3-5-18(12-17)20-8-7-19(13-22-20)30(28,29)25-11-10-16(15-25)6-9-21(26)23-27/h3-13,15,27H,14H2,1-2H3,(H,23,26)/b9-6+. The van der Waals surface area contributed by atoms with E-state index in [1.807, 2.05) is 38.4 Å². The number of aromatic nitrogens is 2. The number of carbonyl (C=O) groups excluding carboxylic acids is 1. The molecule has 0 saturated carbocycles. The second-order valence-electron chi connectivity index (χ2n) is 6.91. The Kier molecular flexibility index (Phi) is 6.46. The molecule has 2 N–H and O–H groups in total. The summed E-state index contributed by atoms with van der Waals surface area (Å²) in [5.41, 5.74) is 4.69. The summed E-state index contributed by atoms with van der Waals surface area (Å²) in [6, 6.07) is 12.7. The normalized spacial score (nSPS) is 11.9. The molecule has 1 amide bonds. The lowest BCUT2D eigenvalue weighted by Gasteiger charge is -2.11. The molecule has 0 aliphatic heterocycles. The van der Waals surface area contributed by atoms with Crippen molar-refractivity contribution in [2.75, 3.05) is 14.1 Å². The summed E-state index contributed by atoms with van der Waals surface area (Å²) in [6.07, 6.45) is 6.56. The van der Waals surface area contributed by atoms with Crippen molar-refractivity contribution in [2.45, 2.75) is 11.4 Å². The monoisotopic (exact) mass is 426 g/mol. The maximum atomic E-state index is 12.8. The maximum absolute atomic E-state index is 12.8. The fourth-order valence-electron chi connectivity index (χ4n) is 2.87. The lowest BCUT2D eigenvalue weighted by atomic mass is 10.1. The van der Waals surface area contributed by atoms with Crippen molar-refractivity contribution in [3.8, 4) is 11.3 Å². The van der Waals surface area contributed by atoms with Crippen LogP contribution in [-0.4, -0.2) is 47.5 Å². The topological polar surface area (TPSA) is 105 Å². The van der Waals surface area contributed by atoms with E-state index in [0.29, 0.717) is 11.3 Å². The molecule has 0 saturated heterocycles. The van der Waals surface area contributed by atoms with Crippen LogP contribution in [-0.2, 0) is 21.4 Å². The molecule has 0 aliphatic rings. The third-order valence-electron chi connectivity index (χ3n) is 4.26. The number of benzene rings is 1. The van der Waals surface area contributed by atoms with Crippen molar-refractivity contribution in [2.24, 2.45) is 0 Å². The molecule has 30 heavy (non-hydrogen) atoms. The van der Waals surface area contributed by atoms with Crippen LogP contribution >= 0.6 is 0 Å². The van der Waals surface area contributed by atoms with Gasteiger partial charge >= 0.3 is 0 Å². The SMILES string of the molecule is CN(C)Cc1cccc(-c2ccc(S(=O)(=O)n3ccc(/C=C/C(=O)NO)c3)cn2)c1. The molecule has 2 aromatic heterocycles. The average Bonchev–Trinajstić information content (AvgIpc) is 3.22. The Morgan fingerprint density at radius 2 is 2.03 bits per heavy atom. The zero-order valence-corrected chi connectivity index (χ0v) is 17.4. The number of hydrogen-bond acceptors (Lipinski definition) is 6. The van der Waals surface area contributed by atoms with Crippen molar-refractivity contribution in [3.05, 3.63) is 78.3 Å². The summed E-state index contributed by atoms with van der Waals surface area (Å²) in [5.74, 6) is -0.708. The summed E-state index contributed by atoms with van der Waals surface area (Å²) < 4.78 is 26.7. The quantitative estimate of drug-likeness (QED) is 0.341. The van der Waals surface area contributed by atoms with Crippen LogP contribution in [0, 0.1) is 0 Å². The van der Waals surface area contributed by atoms with Gasteiger partial charge in [-0.2, -0.15) is 0 Å². The van der Waals surface area contributed by atoms with E-state index in [1.54, 1.807) is 6.07 Å². The van der Waals surface area contributed by atoms with Crippen molar-refractivity contribution < 1.29 is 18.4 Å². The highest BCUT2D eigenvalue weighted by molar-refractivity contribution is 7.90. The molecule has 3 aromatic rings.